The van der Waals surface area contributed by atoms with Crippen molar-refractivity contribution in [3.05, 3.63) is 95.6 Å². The summed E-state index contributed by atoms with van der Waals surface area (Å²) in [6, 6.07) is 18.3. The summed E-state index contributed by atoms with van der Waals surface area (Å²) in [4.78, 5) is 24.2. The lowest BCUT2D eigenvalue weighted by atomic mass is 10.1. The Kier molecular flexibility index (Phi) is 5.56. The van der Waals surface area contributed by atoms with Crippen molar-refractivity contribution in [1.29, 1.82) is 0 Å². The molecule has 0 saturated carbocycles. The Morgan fingerprint density at radius 3 is 2.00 bits per heavy atom. The molecule has 6 heteroatoms. The summed E-state index contributed by atoms with van der Waals surface area (Å²) < 4.78 is 26.4. The van der Waals surface area contributed by atoms with E-state index in [1.165, 1.54) is 12.1 Å². The number of amides is 2. The normalized spacial score (nSPS) is 10.3. The fourth-order valence-corrected chi connectivity index (χ4v) is 2.52. The number of nitrogens with one attached hydrogen (secondary N) is 2. The zero-order chi connectivity index (χ0) is 19.2. The predicted molar refractivity (Wildman–Crippen MR) is 99.5 cm³/mol. The molecule has 0 aliphatic heterocycles. The van der Waals surface area contributed by atoms with Crippen LogP contribution in [-0.4, -0.2) is 11.8 Å². The molecule has 3 rings (SSSR count). The third-order valence-electron chi connectivity index (χ3n) is 3.76. The molecule has 2 N–H and O–H groups in total. The minimum Gasteiger partial charge on any atom is -0.326 e. The van der Waals surface area contributed by atoms with Crippen molar-refractivity contribution in [2.45, 2.75) is 6.42 Å². The van der Waals surface area contributed by atoms with Gasteiger partial charge in [0.05, 0.1) is 6.42 Å². The topological polar surface area (TPSA) is 58.2 Å². The summed E-state index contributed by atoms with van der Waals surface area (Å²) in [5.74, 6) is -2.24. The first-order valence-electron chi connectivity index (χ1n) is 8.21. The van der Waals surface area contributed by atoms with Crippen LogP contribution >= 0.6 is 0 Å². The summed E-state index contributed by atoms with van der Waals surface area (Å²) in [5, 5.41) is 5.18. The monoisotopic (exact) mass is 366 g/mol. The van der Waals surface area contributed by atoms with E-state index >= 15 is 0 Å². The first-order valence-corrected chi connectivity index (χ1v) is 8.21. The van der Waals surface area contributed by atoms with Crippen molar-refractivity contribution in [3.63, 3.8) is 0 Å². The van der Waals surface area contributed by atoms with Gasteiger partial charge in [0.2, 0.25) is 5.91 Å². The Morgan fingerprint density at radius 1 is 0.741 bits per heavy atom. The number of benzene rings is 3. The third kappa shape index (κ3) is 5.22. The number of rotatable bonds is 5. The fourth-order valence-electron chi connectivity index (χ4n) is 2.52. The molecule has 3 aromatic carbocycles. The Hall–Kier alpha value is -3.54. The van der Waals surface area contributed by atoms with E-state index < -0.39 is 17.5 Å². The molecule has 0 fully saturated rings. The molecule has 0 aromatic heterocycles. The van der Waals surface area contributed by atoms with Gasteiger partial charge in [-0.05, 0) is 42.0 Å². The molecule has 0 unspecified atom stereocenters. The van der Waals surface area contributed by atoms with E-state index in [4.69, 9.17) is 0 Å². The Bertz CT molecular complexity index is 937. The Balaban J connectivity index is 1.60. The molecule has 136 valence electrons. The van der Waals surface area contributed by atoms with Crippen LogP contribution in [0, 0.1) is 11.6 Å². The van der Waals surface area contributed by atoms with Crippen molar-refractivity contribution in [1.82, 2.24) is 0 Å². The zero-order valence-corrected chi connectivity index (χ0v) is 14.2. The van der Waals surface area contributed by atoms with E-state index in [0.717, 1.165) is 23.8 Å². The molecule has 2 amide bonds. The highest BCUT2D eigenvalue weighted by atomic mass is 19.1. The highest BCUT2D eigenvalue weighted by Crippen LogP contribution is 2.16. The molecule has 0 aliphatic carbocycles. The molecule has 0 bridgehead atoms. The van der Waals surface area contributed by atoms with E-state index in [9.17, 15) is 18.4 Å². The van der Waals surface area contributed by atoms with Gasteiger partial charge in [-0.2, -0.15) is 0 Å². The maximum atomic E-state index is 13.2. The quantitative estimate of drug-likeness (QED) is 0.703. The number of carbonyl (C=O) groups is 2. The molecule has 0 atom stereocenters. The molecule has 0 radical (unpaired) electrons. The van der Waals surface area contributed by atoms with E-state index in [-0.39, 0.29) is 18.0 Å². The molecule has 4 nitrogen and oxygen atoms in total. The van der Waals surface area contributed by atoms with Gasteiger partial charge in [0.15, 0.2) is 0 Å². The number of hydrogen-bond donors (Lipinski definition) is 2. The minimum atomic E-state index is -0.776. The van der Waals surface area contributed by atoms with Crippen LogP contribution in [0.25, 0.3) is 0 Å². The van der Waals surface area contributed by atoms with Gasteiger partial charge >= 0.3 is 0 Å². The fraction of sp³-hybridized carbons (Fsp3) is 0.0476. The summed E-state index contributed by atoms with van der Waals surface area (Å²) in [5.41, 5.74) is 1.76. The molecule has 27 heavy (non-hydrogen) atoms. The number of hydrogen-bond acceptors (Lipinski definition) is 2. The van der Waals surface area contributed by atoms with Crippen LogP contribution < -0.4 is 10.6 Å². The average molecular weight is 366 g/mol. The second-order valence-corrected chi connectivity index (χ2v) is 5.90. The molecular formula is C21H16F2N2O2. The van der Waals surface area contributed by atoms with E-state index in [1.807, 2.05) is 30.3 Å². The molecule has 0 spiro atoms. The minimum absolute atomic E-state index is 0.0257. The highest BCUT2D eigenvalue weighted by Gasteiger charge is 2.09. The summed E-state index contributed by atoms with van der Waals surface area (Å²) in [6.07, 6.45) is 0.244. The lowest BCUT2D eigenvalue weighted by molar-refractivity contribution is -0.115. The number of halogens is 2. The average Bonchev–Trinajstić information content (AvgIpc) is 2.62. The van der Waals surface area contributed by atoms with E-state index in [0.29, 0.717) is 11.3 Å². The predicted octanol–water partition coefficient (Wildman–Crippen LogP) is 4.40. The molecule has 3 aromatic rings. The van der Waals surface area contributed by atoms with Gasteiger partial charge in [-0.1, -0.05) is 30.3 Å². The molecular weight excluding hydrogens is 350 g/mol. The lowest BCUT2D eigenvalue weighted by Gasteiger charge is -2.08. The maximum absolute atomic E-state index is 13.2. The van der Waals surface area contributed by atoms with Gasteiger partial charge < -0.3 is 10.6 Å². The molecule has 0 aliphatic rings. The third-order valence-corrected chi connectivity index (χ3v) is 3.76. The van der Waals surface area contributed by atoms with Crippen LogP contribution in [0.15, 0.2) is 72.8 Å². The van der Waals surface area contributed by atoms with Crippen LogP contribution in [0.2, 0.25) is 0 Å². The summed E-state index contributed by atoms with van der Waals surface area (Å²) in [7, 11) is 0. The van der Waals surface area contributed by atoms with E-state index in [2.05, 4.69) is 10.6 Å². The smallest absolute Gasteiger partial charge is 0.255 e. The Labute approximate surface area is 154 Å². The van der Waals surface area contributed by atoms with Crippen LogP contribution in [0.5, 0.6) is 0 Å². The number of anilines is 2. The van der Waals surface area contributed by atoms with Gasteiger partial charge in [0, 0.05) is 23.0 Å². The van der Waals surface area contributed by atoms with Crippen molar-refractivity contribution < 1.29 is 18.4 Å². The van der Waals surface area contributed by atoms with Gasteiger partial charge in [-0.3, -0.25) is 9.59 Å². The van der Waals surface area contributed by atoms with Gasteiger partial charge in [-0.25, -0.2) is 8.78 Å². The standard InChI is InChI=1S/C21H16F2N2O2/c22-16-11-17(23)13-19(12-16)25-21(27)15-6-8-18(9-7-15)24-20(26)10-14-4-2-1-3-5-14/h1-9,11-13H,10H2,(H,24,26)(H,25,27). The van der Waals surface area contributed by atoms with Crippen molar-refractivity contribution in [2.24, 2.45) is 0 Å². The lowest BCUT2D eigenvalue weighted by Crippen LogP contribution is -2.15. The second-order valence-electron chi connectivity index (χ2n) is 5.90. The zero-order valence-electron chi connectivity index (χ0n) is 14.2. The van der Waals surface area contributed by atoms with Crippen LogP contribution in [-0.2, 0) is 11.2 Å². The molecule has 0 saturated heterocycles. The first-order chi connectivity index (χ1) is 13.0. The van der Waals surface area contributed by atoms with Gasteiger partial charge in [0.1, 0.15) is 11.6 Å². The summed E-state index contributed by atoms with van der Waals surface area (Å²) in [6.45, 7) is 0. The van der Waals surface area contributed by atoms with Gasteiger partial charge in [-0.15, -0.1) is 0 Å². The van der Waals surface area contributed by atoms with Gasteiger partial charge in [0.25, 0.3) is 5.91 Å². The van der Waals surface area contributed by atoms with Crippen LogP contribution in [0.3, 0.4) is 0 Å². The SMILES string of the molecule is O=C(Cc1ccccc1)Nc1ccc(C(=O)Nc2cc(F)cc(F)c2)cc1. The van der Waals surface area contributed by atoms with Crippen LogP contribution in [0.1, 0.15) is 15.9 Å². The second kappa shape index (κ2) is 8.23. The van der Waals surface area contributed by atoms with Crippen molar-refractivity contribution in [2.75, 3.05) is 10.6 Å². The largest absolute Gasteiger partial charge is 0.326 e. The number of carbonyl (C=O) groups excluding carboxylic acids is 2. The van der Waals surface area contributed by atoms with E-state index in [1.54, 1.807) is 12.1 Å². The van der Waals surface area contributed by atoms with Crippen molar-refractivity contribution >= 4 is 23.2 Å². The Morgan fingerprint density at radius 2 is 1.37 bits per heavy atom. The van der Waals surface area contributed by atoms with Crippen molar-refractivity contribution in [3.8, 4) is 0 Å². The highest BCUT2D eigenvalue weighted by molar-refractivity contribution is 6.04. The summed E-state index contributed by atoms with van der Waals surface area (Å²) >= 11 is 0. The first kappa shape index (κ1) is 18.3. The van der Waals surface area contributed by atoms with Crippen LogP contribution in [0.4, 0.5) is 20.2 Å². The molecule has 0 heterocycles. The maximum Gasteiger partial charge on any atom is 0.255 e.